The smallest absolute Gasteiger partial charge is 0.0307 e. The highest BCUT2D eigenvalue weighted by atomic mass is 13.9. The van der Waals surface area contributed by atoms with E-state index in [1.807, 2.05) is 0 Å². The topological polar surface area (TPSA) is 0 Å². The van der Waals surface area contributed by atoms with Crippen molar-refractivity contribution in [1.82, 2.24) is 0 Å². The van der Waals surface area contributed by atoms with Crippen LogP contribution in [0.15, 0.2) is 48.5 Å². The van der Waals surface area contributed by atoms with E-state index in [0.29, 0.717) is 0 Å². The Kier molecular flexibility index (Phi) is 7.78. The van der Waals surface area contributed by atoms with Crippen molar-refractivity contribution in [2.45, 2.75) is 41.5 Å². The molecule has 0 fully saturated rings. The number of benzene rings is 2. The molecule has 0 amide bonds. The van der Waals surface area contributed by atoms with Crippen molar-refractivity contribution < 1.29 is 0 Å². The van der Waals surface area contributed by atoms with E-state index in [-0.39, 0.29) is 7.43 Å². The van der Waals surface area contributed by atoms with Crippen molar-refractivity contribution in [3.63, 3.8) is 0 Å². The van der Waals surface area contributed by atoms with Gasteiger partial charge in [0.15, 0.2) is 0 Å². The molecule has 0 saturated heterocycles. The maximum atomic E-state index is 2.18. The number of rotatable bonds is 1. The largest absolute Gasteiger partial charge is 0.0776 e. The van der Waals surface area contributed by atoms with E-state index in [2.05, 4.69) is 76.2 Å². The van der Waals surface area contributed by atoms with Crippen molar-refractivity contribution in [2.24, 2.45) is 0 Å². The van der Waals surface area contributed by atoms with Gasteiger partial charge >= 0.3 is 0 Å². The summed E-state index contributed by atoms with van der Waals surface area (Å²) in [5.74, 6) is 0. The molecule has 0 aliphatic rings. The van der Waals surface area contributed by atoms with Gasteiger partial charge in [0.2, 0.25) is 0 Å². The summed E-state index contributed by atoms with van der Waals surface area (Å²) in [7, 11) is 0. The van der Waals surface area contributed by atoms with Crippen LogP contribution in [0.5, 0.6) is 0 Å². The van der Waals surface area contributed by atoms with Crippen LogP contribution in [0, 0.1) is 20.8 Å². The van der Waals surface area contributed by atoms with Crippen LogP contribution in [-0.2, 0) is 6.42 Å². The SMILES string of the molecule is C.CCc1ccc(C)cc1.Cc1cccc(C)c1. The molecule has 0 heterocycles. The van der Waals surface area contributed by atoms with E-state index in [9.17, 15) is 0 Å². The zero-order valence-corrected chi connectivity index (χ0v) is 11.3. The molecule has 18 heavy (non-hydrogen) atoms. The molecule has 0 spiro atoms. The minimum absolute atomic E-state index is 0. The van der Waals surface area contributed by atoms with Crippen LogP contribution in [0.25, 0.3) is 0 Å². The molecule has 2 rings (SSSR count). The molecule has 0 aliphatic carbocycles. The highest BCUT2D eigenvalue weighted by Crippen LogP contribution is 2.02. The summed E-state index contributed by atoms with van der Waals surface area (Å²) in [5.41, 5.74) is 5.43. The first-order valence-electron chi connectivity index (χ1n) is 6.20. The molecule has 2 aromatic rings. The maximum absolute atomic E-state index is 2.18. The lowest BCUT2D eigenvalue weighted by atomic mass is 10.1. The van der Waals surface area contributed by atoms with Crippen LogP contribution < -0.4 is 0 Å². The minimum atomic E-state index is 0. The second-order valence-corrected chi connectivity index (χ2v) is 4.50. The van der Waals surface area contributed by atoms with Crippen molar-refractivity contribution in [2.75, 3.05) is 0 Å². The van der Waals surface area contributed by atoms with Gasteiger partial charge in [-0.3, -0.25) is 0 Å². The van der Waals surface area contributed by atoms with Gasteiger partial charge in [0.05, 0.1) is 0 Å². The van der Waals surface area contributed by atoms with Gasteiger partial charge in [-0.1, -0.05) is 79.6 Å². The Morgan fingerprint density at radius 1 is 0.722 bits per heavy atom. The summed E-state index contributed by atoms with van der Waals surface area (Å²) in [4.78, 5) is 0. The van der Waals surface area contributed by atoms with Crippen LogP contribution in [0.4, 0.5) is 0 Å². The zero-order valence-electron chi connectivity index (χ0n) is 11.3. The Bertz CT molecular complexity index is 421. The normalized spacial score (nSPS) is 8.89. The molecule has 2 aromatic carbocycles. The fraction of sp³-hybridized carbons (Fsp3) is 0.333. The Labute approximate surface area is 113 Å². The standard InChI is InChI=1S/C9H12.C8H10.CH4/c1-3-9-6-4-8(2)5-7-9;1-7-4-3-5-8(2)6-7;/h4-7H,3H2,1-2H3;3-6H,1-2H3;1H4. The average Bonchev–Trinajstić information content (AvgIpc) is 2.30. The quantitative estimate of drug-likeness (QED) is 0.619. The molecule has 0 N–H and O–H groups in total. The first-order chi connectivity index (χ1) is 8.11. The number of hydrogen-bond donors (Lipinski definition) is 0. The lowest BCUT2D eigenvalue weighted by molar-refractivity contribution is 1.14. The van der Waals surface area contributed by atoms with Gasteiger partial charge in [0.25, 0.3) is 0 Å². The molecule has 0 unspecified atom stereocenters. The van der Waals surface area contributed by atoms with Gasteiger partial charge in [0, 0.05) is 0 Å². The molecule has 0 aromatic heterocycles. The van der Waals surface area contributed by atoms with Gasteiger partial charge in [-0.25, -0.2) is 0 Å². The highest BCUT2D eigenvalue weighted by Gasteiger charge is 1.84. The van der Waals surface area contributed by atoms with Gasteiger partial charge in [0.1, 0.15) is 0 Å². The molecule has 0 bridgehead atoms. The Hall–Kier alpha value is -1.56. The van der Waals surface area contributed by atoms with Gasteiger partial charge in [-0.05, 0) is 32.8 Å². The first kappa shape index (κ1) is 16.4. The van der Waals surface area contributed by atoms with Crippen molar-refractivity contribution in [3.05, 3.63) is 70.8 Å². The molecular weight excluding hydrogens is 216 g/mol. The van der Waals surface area contributed by atoms with E-state index in [0.717, 1.165) is 6.42 Å². The van der Waals surface area contributed by atoms with E-state index in [1.165, 1.54) is 22.3 Å². The summed E-state index contributed by atoms with van der Waals surface area (Å²) in [5, 5.41) is 0. The van der Waals surface area contributed by atoms with Crippen LogP contribution in [0.2, 0.25) is 0 Å². The summed E-state index contributed by atoms with van der Waals surface area (Å²) in [6.07, 6.45) is 1.14. The van der Waals surface area contributed by atoms with Gasteiger partial charge < -0.3 is 0 Å². The lowest BCUT2D eigenvalue weighted by Gasteiger charge is -1.94. The lowest BCUT2D eigenvalue weighted by Crippen LogP contribution is -1.77. The van der Waals surface area contributed by atoms with E-state index in [1.54, 1.807) is 0 Å². The summed E-state index contributed by atoms with van der Waals surface area (Å²) >= 11 is 0. The van der Waals surface area contributed by atoms with Crippen LogP contribution in [0.3, 0.4) is 0 Å². The van der Waals surface area contributed by atoms with Crippen LogP contribution in [-0.4, -0.2) is 0 Å². The highest BCUT2D eigenvalue weighted by molar-refractivity contribution is 5.21. The third-order valence-electron chi connectivity index (χ3n) is 2.70. The first-order valence-corrected chi connectivity index (χ1v) is 6.20. The van der Waals surface area contributed by atoms with Crippen molar-refractivity contribution in [3.8, 4) is 0 Å². The summed E-state index contributed by atoms with van der Waals surface area (Å²) in [6.45, 7) is 8.49. The van der Waals surface area contributed by atoms with E-state index >= 15 is 0 Å². The maximum Gasteiger partial charge on any atom is -0.0307 e. The minimum Gasteiger partial charge on any atom is -0.0776 e. The third kappa shape index (κ3) is 6.24. The second kappa shape index (κ2) is 8.52. The van der Waals surface area contributed by atoms with Crippen molar-refractivity contribution in [1.29, 1.82) is 0 Å². The van der Waals surface area contributed by atoms with Crippen LogP contribution >= 0.6 is 0 Å². The third-order valence-corrected chi connectivity index (χ3v) is 2.70. The summed E-state index contributed by atoms with van der Waals surface area (Å²) in [6, 6.07) is 17.1. The number of aryl methyl sites for hydroxylation is 4. The fourth-order valence-corrected chi connectivity index (χ4v) is 1.63. The Balaban J connectivity index is 0.000000306. The average molecular weight is 242 g/mol. The van der Waals surface area contributed by atoms with Gasteiger partial charge in [-0.15, -0.1) is 0 Å². The number of hydrogen-bond acceptors (Lipinski definition) is 0. The molecule has 0 heteroatoms. The summed E-state index contributed by atoms with van der Waals surface area (Å²) < 4.78 is 0. The van der Waals surface area contributed by atoms with E-state index < -0.39 is 0 Å². The predicted octanol–water partition coefficient (Wildman–Crippen LogP) is 5.50. The predicted molar refractivity (Wildman–Crippen MR) is 83.2 cm³/mol. The molecule has 0 saturated carbocycles. The monoisotopic (exact) mass is 242 g/mol. The molecule has 0 atom stereocenters. The molecule has 0 radical (unpaired) electrons. The second-order valence-electron chi connectivity index (χ2n) is 4.50. The van der Waals surface area contributed by atoms with Gasteiger partial charge in [-0.2, -0.15) is 0 Å². The molecule has 98 valence electrons. The molecule has 0 nitrogen and oxygen atoms in total. The zero-order chi connectivity index (χ0) is 12.7. The Morgan fingerprint density at radius 3 is 1.56 bits per heavy atom. The molecular formula is C18H26. The fourth-order valence-electron chi connectivity index (χ4n) is 1.63. The van der Waals surface area contributed by atoms with Crippen LogP contribution in [0.1, 0.15) is 36.6 Å². The molecule has 0 aliphatic heterocycles. The van der Waals surface area contributed by atoms with Crippen molar-refractivity contribution >= 4 is 0 Å². The van der Waals surface area contributed by atoms with E-state index in [4.69, 9.17) is 0 Å². The Morgan fingerprint density at radius 2 is 1.22 bits per heavy atom.